The predicted molar refractivity (Wildman–Crippen MR) is 109 cm³/mol. The fourth-order valence-electron chi connectivity index (χ4n) is 4.25. The van der Waals surface area contributed by atoms with Crippen LogP contribution >= 0.6 is 11.8 Å². The van der Waals surface area contributed by atoms with Crippen LogP contribution in [0, 0.1) is 0 Å². The molecule has 13 heteroatoms. The maximum Gasteiger partial charge on any atom is 0.446 e. The quantitative estimate of drug-likeness (QED) is 0.533. The maximum atomic E-state index is 13.8. The van der Waals surface area contributed by atoms with E-state index in [-0.39, 0.29) is 53.5 Å². The highest BCUT2D eigenvalue weighted by Gasteiger charge is 2.42. The zero-order valence-corrected chi connectivity index (χ0v) is 17.5. The van der Waals surface area contributed by atoms with Crippen molar-refractivity contribution in [3.05, 3.63) is 18.3 Å². The van der Waals surface area contributed by atoms with E-state index < -0.39 is 18.0 Å². The largest absolute Gasteiger partial charge is 0.446 e. The van der Waals surface area contributed by atoms with E-state index in [2.05, 4.69) is 15.0 Å². The Morgan fingerprint density at radius 1 is 1.22 bits per heavy atom. The molecule has 0 unspecified atom stereocenters. The Labute approximate surface area is 184 Å². The summed E-state index contributed by atoms with van der Waals surface area (Å²) in [7, 11) is 0. The SMILES string of the molecule is Nc1ncc(-c2cc(N3C[C@@H]4C[C@H]3CO4)nc(N3CCC(F)(F)C3)n2)cc1SC(F)(F)F. The highest BCUT2D eigenvalue weighted by Crippen LogP contribution is 2.41. The van der Waals surface area contributed by atoms with E-state index in [0.29, 0.717) is 30.2 Å². The first-order valence-electron chi connectivity index (χ1n) is 9.98. The Morgan fingerprint density at radius 3 is 2.66 bits per heavy atom. The summed E-state index contributed by atoms with van der Waals surface area (Å²) in [6.45, 7) is 0.712. The van der Waals surface area contributed by atoms with Crippen molar-refractivity contribution in [1.29, 1.82) is 0 Å². The van der Waals surface area contributed by atoms with Crippen LogP contribution in [0.5, 0.6) is 0 Å². The number of nitrogens with two attached hydrogens (primary N) is 1. The van der Waals surface area contributed by atoms with E-state index in [1.165, 1.54) is 17.2 Å². The molecule has 0 aromatic carbocycles. The van der Waals surface area contributed by atoms with E-state index in [4.69, 9.17) is 10.5 Å². The molecule has 3 saturated heterocycles. The molecule has 2 aromatic heterocycles. The molecular weight excluding hydrogens is 455 g/mol. The Kier molecular flexibility index (Phi) is 5.08. The predicted octanol–water partition coefficient (Wildman–Crippen LogP) is 3.56. The molecule has 2 N–H and O–H groups in total. The van der Waals surface area contributed by atoms with Crippen LogP contribution in [0.15, 0.2) is 23.2 Å². The van der Waals surface area contributed by atoms with Crippen LogP contribution in [0.2, 0.25) is 0 Å². The number of nitrogen functional groups attached to an aromatic ring is 1. The molecule has 5 heterocycles. The van der Waals surface area contributed by atoms with Crippen LogP contribution in [0.25, 0.3) is 11.3 Å². The number of ether oxygens (including phenoxy) is 1. The highest BCUT2D eigenvalue weighted by molar-refractivity contribution is 8.00. The number of rotatable bonds is 4. The molecule has 2 atom stereocenters. The number of morpholine rings is 1. The van der Waals surface area contributed by atoms with Crippen molar-refractivity contribution in [3.8, 4) is 11.3 Å². The van der Waals surface area contributed by atoms with Crippen molar-refractivity contribution >= 4 is 29.3 Å². The number of fused-ring (bicyclic) bond motifs is 2. The first kappa shape index (κ1) is 21.4. The first-order valence-corrected chi connectivity index (χ1v) is 10.8. The van der Waals surface area contributed by atoms with Gasteiger partial charge in [-0.15, -0.1) is 0 Å². The lowest BCUT2D eigenvalue weighted by atomic mass is 10.2. The zero-order chi connectivity index (χ0) is 22.7. The molecule has 3 fully saturated rings. The molecule has 3 aliphatic heterocycles. The van der Waals surface area contributed by atoms with Crippen LogP contribution in [-0.2, 0) is 4.74 Å². The second-order valence-corrected chi connectivity index (χ2v) is 9.20. The lowest BCUT2D eigenvalue weighted by Gasteiger charge is -2.29. The van der Waals surface area contributed by atoms with Crippen molar-refractivity contribution in [2.24, 2.45) is 0 Å². The van der Waals surface area contributed by atoms with Gasteiger partial charge in [0.15, 0.2) is 0 Å². The monoisotopic (exact) mass is 474 g/mol. The lowest BCUT2D eigenvalue weighted by molar-refractivity contribution is -0.0328. The van der Waals surface area contributed by atoms with Crippen molar-refractivity contribution < 1.29 is 26.7 Å². The van der Waals surface area contributed by atoms with E-state index in [1.54, 1.807) is 6.07 Å². The van der Waals surface area contributed by atoms with Gasteiger partial charge in [-0.3, -0.25) is 0 Å². The summed E-state index contributed by atoms with van der Waals surface area (Å²) >= 11 is -0.363. The summed E-state index contributed by atoms with van der Waals surface area (Å²) in [5, 5.41) is 0. The number of anilines is 3. The topological polar surface area (TPSA) is 80.4 Å². The minimum atomic E-state index is -4.54. The number of aromatic nitrogens is 3. The minimum Gasteiger partial charge on any atom is -0.383 e. The molecule has 3 aliphatic rings. The summed E-state index contributed by atoms with van der Waals surface area (Å²) in [6, 6.07) is 3.01. The van der Waals surface area contributed by atoms with Crippen LogP contribution in [0.3, 0.4) is 0 Å². The van der Waals surface area contributed by atoms with Crippen LogP contribution in [0.4, 0.5) is 39.5 Å². The normalized spacial score (nSPS) is 24.5. The number of halogens is 5. The molecule has 0 radical (unpaired) electrons. The van der Waals surface area contributed by atoms with Gasteiger partial charge in [-0.2, -0.15) is 18.2 Å². The molecule has 172 valence electrons. The number of thioether (sulfide) groups is 1. The van der Waals surface area contributed by atoms with Gasteiger partial charge >= 0.3 is 5.51 Å². The molecular formula is C19H19F5N6OS. The third-order valence-corrected chi connectivity index (χ3v) is 6.53. The summed E-state index contributed by atoms with van der Waals surface area (Å²) < 4.78 is 72.0. The van der Waals surface area contributed by atoms with Crippen LogP contribution in [0.1, 0.15) is 12.8 Å². The third kappa shape index (κ3) is 4.27. The van der Waals surface area contributed by atoms with Gasteiger partial charge in [0.2, 0.25) is 5.95 Å². The number of hydrogen-bond acceptors (Lipinski definition) is 8. The Hall–Kier alpha value is -2.41. The van der Waals surface area contributed by atoms with Gasteiger partial charge in [-0.05, 0) is 24.2 Å². The van der Waals surface area contributed by atoms with Gasteiger partial charge in [0.1, 0.15) is 11.6 Å². The number of nitrogens with zero attached hydrogens (tertiary/aromatic N) is 5. The van der Waals surface area contributed by atoms with Gasteiger partial charge < -0.3 is 20.3 Å². The molecule has 32 heavy (non-hydrogen) atoms. The molecule has 5 rings (SSSR count). The van der Waals surface area contributed by atoms with Gasteiger partial charge in [0.05, 0.1) is 35.9 Å². The second kappa shape index (κ2) is 7.58. The van der Waals surface area contributed by atoms with E-state index >= 15 is 0 Å². The number of pyridine rings is 1. The van der Waals surface area contributed by atoms with Gasteiger partial charge in [-0.25, -0.2) is 18.7 Å². The average molecular weight is 474 g/mol. The Bertz CT molecular complexity index is 1040. The molecule has 2 aromatic rings. The van der Waals surface area contributed by atoms with E-state index in [1.807, 2.05) is 4.90 Å². The van der Waals surface area contributed by atoms with Crippen molar-refractivity contribution in [1.82, 2.24) is 15.0 Å². The van der Waals surface area contributed by atoms with E-state index in [0.717, 1.165) is 6.42 Å². The summed E-state index contributed by atoms with van der Waals surface area (Å²) in [5.74, 6) is -2.46. The minimum absolute atomic E-state index is 0.0750. The fourth-order valence-corrected chi connectivity index (χ4v) is 4.84. The number of hydrogen-bond donors (Lipinski definition) is 1. The first-order chi connectivity index (χ1) is 15.1. The van der Waals surface area contributed by atoms with Crippen molar-refractivity contribution in [3.63, 3.8) is 0 Å². The third-order valence-electron chi connectivity index (χ3n) is 5.75. The standard InChI is InChI=1S/C19H19F5N6OS/c20-18(21)1-2-29(9-18)17-27-13(5-15(28-17)30-7-12-4-11(30)8-31-12)10-3-14(16(25)26-6-10)32-19(22,23)24/h3,5-6,11-12H,1-2,4,7-9H2,(H2,25,26)/t11-,12-/m0/s1. The molecule has 0 aliphatic carbocycles. The van der Waals surface area contributed by atoms with Crippen molar-refractivity contribution in [2.45, 2.75) is 41.3 Å². The average Bonchev–Trinajstić information content (AvgIpc) is 3.44. The van der Waals surface area contributed by atoms with Gasteiger partial charge in [0, 0.05) is 37.3 Å². The van der Waals surface area contributed by atoms with Gasteiger partial charge in [-0.1, -0.05) is 0 Å². The number of alkyl halides is 5. The zero-order valence-electron chi connectivity index (χ0n) is 16.6. The maximum absolute atomic E-state index is 13.8. The van der Waals surface area contributed by atoms with E-state index in [9.17, 15) is 22.0 Å². The summed E-state index contributed by atoms with van der Waals surface area (Å²) in [5.41, 5.74) is 1.68. The summed E-state index contributed by atoms with van der Waals surface area (Å²) in [4.78, 5) is 16.0. The highest BCUT2D eigenvalue weighted by atomic mass is 32.2. The van der Waals surface area contributed by atoms with Crippen LogP contribution in [-0.4, -0.2) is 64.8 Å². The molecule has 0 amide bonds. The lowest BCUT2D eigenvalue weighted by Crippen LogP contribution is -2.38. The summed E-state index contributed by atoms with van der Waals surface area (Å²) in [6.07, 6.45) is 1.93. The van der Waals surface area contributed by atoms with Crippen molar-refractivity contribution in [2.75, 3.05) is 41.8 Å². The van der Waals surface area contributed by atoms with Gasteiger partial charge in [0.25, 0.3) is 5.92 Å². The van der Waals surface area contributed by atoms with Crippen LogP contribution < -0.4 is 15.5 Å². The molecule has 7 nitrogen and oxygen atoms in total. The molecule has 2 bridgehead atoms. The molecule has 0 saturated carbocycles. The molecule has 0 spiro atoms. The fraction of sp³-hybridized carbons (Fsp3) is 0.526. The Morgan fingerprint density at radius 2 is 2.03 bits per heavy atom. The Balaban J connectivity index is 1.55. The second-order valence-electron chi connectivity index (χ2n) is 8.09. The smallest absolute Gasteiger partial charge is 0.383 e.